The van der Waals surface area contributed by atoms with Crippen LogP contribution in [0.4, 0.5) is 13.2 Å². The smallest absolute Gasteiger partial charge is 0.382 e. The summed E-state index contributed by atoms with van der Waals surface area (Å²) in [6, 6.07) is 0. The van der Waals surface area contributed by atoms with Gasteiger partial charge in [0.2, 0.25) is 0 Å². The standard InChI is InChI=1S/C9H15F3O2/c1-2-14-7-3-4-8(13)5-6-9(10,11)12/h2-7H2,1H3. The first-order valence-corrected chi connectivity index (χ1v) is 4.62. The monoisotopic (exact) mass is 212 g/mol. The Bertz CT molecular complexity index is 166. The van der Waals surface area contributed by atoms with Gasteiger partial charge in [0.15, 0.2) is 0 Å². The van der Waals surface area contributed by atoms with E-state index in [-0.39, 0.29) is 12.2 Å². The molecule has 0 unspecified atom stereocenters. The molecule has 0 aromatic carbocycles. The molecule has 0 N–H and O–H groups in total. The average Bonchev–Trinajstić information content (AvgIpc) is 2.08. The molecule has 0 bridgehead atoms. The molecule has 2 nitrogen and oxygen atoms in total. The maximum atomic E-state index is 11.7. The number of carbonyl (C=O) groups excluding carboxylic acids is 1. The van der Waals surface area contributed by atoms with Gasteiger partial charge in [-0.15, -0.1) is 0 Å². The van der Waals surface area contributed by atoms with Gasteiger partial charge in [-0.2, -0.15) is 13.2 Å². The van der Waals surface area contributed by atoms with E-state index < -0.39 is 19.0 Å². The zero-order valence-electron chi connectivity index (χ0n) is 8.19. The summed E-state index contributed by atoms with van der Waals surface area (Å²) in [7, 11) is 0. The molecular formula is C9H15F3O2. The molecule has 0 aliphatic carbocycles. The number of Topliss-reactive ketones (excluding diaryl/α,β-unsaturated/α-hetero) is 1. The van der Waals surface area contributed by atoms with Gasteiger partial charge in [-0.05, 0) is 13.3 Å². The molecule has 84 valence electrons. The van der Waals surface area contributed by atoms with E-state index in [4.69, 9.17) is 4.74 Å². The van der Waals surface area contributed by atoms with Crippen LogP contribution in [0.5, 0.6) is 0 Å². The predicted octanol–water partition coefficient (Wildman–Crippen LogP) is 2.71. The van der Waals surface area contributed by atoms with E-state index in [1.165, 1.54) is 0 Å². The second-order valence-corrected chi connectivity index (χ2v) is 2.95. The minimum atomic E-state index is -4.23. The molecule has 0 aromatic heterocycles. The highest BCUT2D eigenvalue weighted by Gasteiger charge is 2.27. The van der Waals surface area contributed by atoms with Crippen LogP contribution in [0.1, 0.15) is 32.6 Å². The molecule has 0 heterocycles. The summed E-state index contributed by atoms with van der Waals surface area (Å²) in [6.07, 6.45) is -4.97. The van der Waals surface area contributed by atoms with E-state index >= 15 is 0 Å². The molecular weight excluding hydrogens is 197 g/mol. The van der Waals surface area contributed by atoms with Gasteiger partial charge in [0.1, 0.15) is 5.78 Å². The Morgan fingerprint density at radius 1 is 1.29 bits per heavy atom. The van der Waals surface area contributed by atoms with Crippen molar-refractivity contribution in [1.29, 1.82) is 0 Å². The Hall–Kier alpha value is -0.580. The molecule has 0 atom stereocenters. The predicted molar refractivity (Wildman–Crippen MR) is 46.0 cm³/mol. The molecule has 0 spiro atoms. The Morgan fingerprint density at radius 3 is 2.43 bits per heavy atom. The number of carbonyl (C=O) groups is 1. The number of halogens is 3. The van der Waals surface area contributed by atoms with Gasteiger partial charge in [-0.1, -0.05) is 0 Å². The van der Waals surface area contributed by atoms with Crippen molar-refractivity contribution in [2.45, 2.75) is 38.8 Å². The third kappa shape index (κ3) is 9.51. The molecule has 5 heteroatoms. The zero-order valence-corrected chi connectivity index (χ0v) is 8.19. The van der Waals surface area contributed by atoms with Gasteiger partial charge in [-0.25, -0.2) is 0 Å². The lowest BCUT2D eigenvalue weighted by Gasteiger charge is -2.05. The van der Waals surface area contributed by atoms with E-state index in [0.29, 0.717) is 19.6 Å². The van der Waals surface area contributed by atoms with Gasteiger partial charge >= 0.3 is 6.18 Å². The largest absolute Gasteiger partial charge is 0.389 e. The zero-order chi connectivity index (χ0) is 11.0. The van der Waals surface area contributed by atoms with Crippen LogP contribution in [-0.2, 0) is 9.53 Å². The lowest BCUT2D eigenvalue weighted by molar-refractivity contribution is -0.143. The summed E-state index contributed by atoms with van der Waals surface area (Å²) in [5.41, 5.74) is 0. The van der Waals surface area contributed by atoms with Crippen LogP contribution >= 0.6 is 0 Å². The Labute approximate surface area is 81.4 Å². The van der Waals surface area contributed by atoms with E-state index in [2.05, 4.69) is 0 Å². The second kappa shape index (κ2) is 6.81. The lowest BCUT2D eigenvalue weighted by Crippen LogP contribution is -2.11. The van der Waals surface area contributed by atoms with Crippen molar-refractivity contribution in [3.8, 4) is 0 Å². The van der Waals surface area contributed by atoms with Crippen LogP contribution in [-0.4, -0.2) is 25.2 Å². The summed E-state index contributed by atoms with van der Waals surface area (Å²) in [4.78, 5) is 10.9. The summed E-state index contributed by atoms with van der Waals surface area (Å²) >= 11 is 0. The number of alkyl halides is 3. The molecule has 0 aliphatic heterocycles. The van der Waals surface area contributed by atoms with Gasteiger partial charge < -0.3 is 4.74 Å². The molecule has 0 aliphatic rings. The quantitative estimate of drug-likeness (QED) is 0.606. The summed E-state index contributed by atoms with van der Waals surface area (Å²) in [5, 5.41) is 0. The normalized spacial score (nSPS) is 11.7. The van der Waals surface area contributed by atoms with Crippen LogP contribution in [0, 0.1) is 0 Å². The van der Waals surface area contributed by atoms with Crippen LogP contribution in [0.15, 0.2) is 0 Å². The highest BCUT2D eigenvalue weighted by atomic mass is 19.4. The van der Waals surface area contributed by atoms with Crippen molar-refractivity contribution in [1.82, 2.24) is 0 Å². The van der Waals surface area contributed by atoms with Crippen molar-refractivity contribution in [3.05, 3.63) is 0 Å². The lowest BCUT2D eigenvalue weighted by atomic mass is 10.1. The fraction of sp³-hybridized carbons (Fsp3) is 0.889. The molecule has 14 heavy (non-hydrogen) atoms. The molecule has 0 rings (SSSR count). The topological polar surface area (TPSA) is 26.3 Å². The SMILES string of the molecule is CCOCCCC(=O)CCC(F)(F)F. The first kappa shape index (κ1) is 13.4. The van der Waals surface area contributed by atoms with Gasteiger partial charge in [0.25, 0.3) is 0 Å². The highest BCUT2D eigenvalue weighted by molar-refractivity contribution is 5.78. The summed E-state index contributed by atoms with van der Waals surface area (Å²) in [5.74, 6) is -0.345. The Morgan fingerprint density at radius 2 is 1.93 bits per heavy atom. The molecule has 0 saturated heterocycles. The average molecular weight is 212 g/mol. The van der Waals surface area contributed by atoms with E-state index in [1.807, 2.05) is 6.92 Å². The number of rotatable bonds is 7. The summed E-state index contributed by atoms with van der Waals surface area (Å²) < 4.78 is 40.0. The minimum Gasteiger partial charge on any atom is -0.382 e. The van der Waals surface area contributed by atoms with Gasteiger partial charge in [-0.3, -0.25) is 4.79 Å². The third-order valence-corrected chi connectivity index (χ3v) is 1.64. The minimum absolute atomic E-state index is 0.177. The molecule has 0 aromatic rings. The van der Waals surface area contributed by atoms with Crippen molar-refractivity contribution in [2.75, 3.05) is 13.2 Å². The number of ketones is 1. The first-order chi connectivity index (χ1) is 6.45. The van der Waals surface area contributed by atoms with Crippen LogP contribution in [0.2, 0.25) is 0 Å². The molecule has 0 fully saturated rings. The fourth-order valence-corrected chi connectivity index (χ4v) is 0.922. The number of hydrogen-bond acceptors (Lipinski definition) is 2. The molecule has 0 saturated carbocycles. The maximum Gasteiger partial charge on any atom is 0.389 e. The van der Waals surface area contributed by atoms with Crippen molar-refractivity contribution >= 4 is 5.78 Å². The highest BCUT2D eigenvalue weighted by Crippen LogP contribution is 2.21. The summed E-state index contributed by atoms with van der Waals surface area (Å²) in [6.45, 7) is 2.83. The number of hydrogen-bond donors (Lipinski definition) is 0. The van der Waals surface area contributed by atoms with Crippen LogP contribution < -0.4 is 0 Å². The first-order valence-electron chi connectivity index (χ1n) is 4.62. The van der Waals surface area contributed by atoms with Crippen molar-refractivity contribution in [3.63, 3.8) is 0 Å². The van der Waals surface area contributed by atoms with Crippen LogP contribution in [0.25, 0.3) is 0 Å². The van der Waals surface area contributed by atoms with Crippen molar-refractivity contribution < 1.29 is 22.7 Å². The Kier molecular flexibility index (Phi) is 6.53. The second-order valence-electron chi connectivity index (χ2n) is 2.95. The van der Waals surface area contributed by atoms with E-state index in [1.54, 1.807) is 0 Å². The molecule has 0 amide bonds. The number of ether oxygens (including phenoxy) is 1. The van der Waals surface area contributed by atoms with E-state index in [9.17, 15) is 18.0 Å². The van der Waals surface area contributed by atoms with Gasteiger partial charge in [0.05, 0.1) is 6.42 Å². The molecule has 0 radical (unpaired) electrons. The van der Waals surface area contributed by atoms with Gasteiger partial charge in [0, 0.05) is 26.1 Å². The maximum absolute atomic E-state index is 11.7. The third-order valence-electron chi connectivity index (χ3n) is 1.64. The Balaban J connectivity index is 3.38. The van der Waals surface area contributed by atoms with Crippen LogP contribution in [0.3, 0.4) is 0 Å². The fourth-order valence-electron chi connectivity index (χ4n) is 0.922. The van der Waals surface area contributed by atoms with E-state index in [0.717, 1.165) is 0 Å². The van der Waals surface area contributed by atoms with Crippen molar-refractivity contribution in [2.24, 2.45) is 0 Å².